The number of rotatable bonds is 8. The van der Waals surface area contributed by atoms with Gasteiger partial charge >= 0.3 is 5.97 Å². The van der Waals surface area contributed by atoms with Gasteiger partial charge in [0, 0.05) is 6.42 Å². The third kappa shape index (κ3) is 10.8. The molecule has 1 atom stereocenters. The average Bonchev–Trinajstić information content (AvgIpc) is 2.23. The minimum atomic E-state index is -0.558. The molecule has 0 aromatic heterocycles. The summed E-state index contributed by atoms with van der Waals surface area (Å²) in [6.07, 6.45) is 1.38. The van der Waals surface area contributed by atoms with Crippen molar-refractivity contribution in [3.05, 3.63) is 0 Å². The van der Waals surface area contributed by atoms with Gasteiger partial charge in [-0.2, -0.15) is 0 Å². The van der Waals surface area contributed by atoms with Gasteiger partial charge in [-0.3, -0.25) is 4.79 Å². The molecule has 0 aromatic rings. The molecule has 5 nitrogen and oxygen atoms in total. The van der Waals surface area contributed by atoms with Crippen molar-refractivity contribution in [2.75, 3.05) is 6.54 Å². The Hall–Kier alpha value is -0.810. The van der Waals surface area contributed by atoms with Crippen molar-refractivity contribution in [2.24, 2.45) is 11.7 Å². The maximum atomic E-state index is 11.8. The number of esters is 1. The van der Waals surface area contributed by atoms with E-state index in [1.165, 1.54) is 0 Å². The molecule has 0 spiro atoms. The first-order valence-electron chi connectivity index (χ1n) is 6.56. The normalized spacial score (nSPS) is 11.9. The molecule has 6 heteroatoms. The lowest BCUT2D eigenvalue weighted by Crippen LogP contribution is -2.43. The molecule has 19 heavy (non-hydrogen) atoms. The van der Waals surface area contributed by atoms with Gasteiger partial charge in [0.05, 0.1) is 6.10 Å². The van der Waals surface area contributed by atoms with Crippen LogP contribution < -0.4 is 11.1 Å². The van der Waals surface area contributed by atoms with Crippen LogP contribution in [0.5, 0.6) is 0 Å². The predicted octanol–water partition coefficient (Wildman–Crippen LogP) is 1.63. The van der Waals surface area contributed by atoms with Crippen molar-refractivity contribution < 1.29 is 14.3 Å². The summed E-state index contributed by atoms with van der Waals surface area (Å²) >= 11 is 0. The summed E-state index contributed by atoms with van der Waals surface area (Å²) in [5, 5.41) is 2.72. The zero-order chi connectivity index (χ0) is 14.1. The van der Waals surface area contributed by atoms with Gasteiger partial charge in [-0.15, -0.1) is 12.4 Å². The van der Waals surface area contributed by atoms with E-state index >= 15 is 0 Å². The van der Waals surface area contributed by atoms with E-state index in [0.717, 1.165) is 0 Å². The number of nitrogens with two attached hydrogens (primary N) is 1. The van der Waals surface area contributed by atoms with Crippen LogP contribution in [0.3, 0.4) is 0 Å². The second-order valence-electron chi connectivity index (χ2n) is 5.13. The molecule has 1 amide bonds. The molecule has 0 aliphatic carbocycles. The number of carbonyl (C=O) groups excluding carboxylic acids is 2. The lowest BCUT2D eigenvalue weighted by atomic mass is 10.0. The van der Waals surface area contributed by atoms with Gasteiger partial charge in [-0.05, 0) is 39.2 Å². The minimum absolute atomic E-state index is 0. The van der Waals surface area contributed by atoms with Crippen LogP contribution >= 0.6 is 12.4 Å². The van der Waals surface area contributed by atoms with Gasteiger partial charge in [0.25, 0.3) is 0 Å². The smallest absolute Gasteiger partial charge is 0.328 e. The molecule has 0 rings (SSSR count). The molecule has 0 saturated carbocycles. The molecule has 0 aliphatic heterocycles. The first kappa shape index (κ1) is 20.5. The number of hydrogen-bond donors (Lipinski definition) is 2. The zero-order valence-electron chi connectivity index (χ0n) is 12.3. The van der Waals surface area contributed by atoms with E-state index in [2.05, 4.69) is 5.32 Å². The Kier molecular flexibility index (Phi) is 11.9. The van der Waals surface area contributed by atoms with Crippen molar-refractivity contribution in [3.63, 3.8) is 0 Å². The summed E-state index contributed by atoms with van der Waals surface area (Å²) in [5.74, 6) is -0.198. The molecule has 0 aromatic carbocycles. The fourth-order valence-corrected chi connectivity index (χ4v) is 1.53. The summed E-state index contributed by atoms with van der Waals surface area (Å²) in [4.78, 5) is 23.4. The Bertz CT molecular complexity index is 271. The van der Waals surface area contributed by atoms with Gasteiger partial charge in [0.2, 0.25) is 5.91 Å². The number of nitrogens with one attached hydrogen (secondary N) is 1. The summed E-state index contributed by atoms with van der Waals surface area (Å²) in [7, 11) is 0. The van der Waals surface area contributed by atoms with Gasteiger partial charge in [0.1, 0.15) is 6.04 Å². The van der Waals surface area contributed by atoms with Crippen LogP contribution in [0.25, 0.3) is 0 Å². The second kappa shape index (κ2) is 11.1. The maximum Gasteiger partial charge on any atom is 0.328 e. The monoisotopic (exact) mass is 294 g/mol. The SMILES string of the molecule is CC(C)C[C@H](NC(=O)CCCN)C(=O)OC(C)C.Cl. The van der Waals surface area contributed by atoms with Crippen LogP contribution in [0.2, 0.25) is 0 Å². The van der Waals surface area contributed by atoms with E-state index in [4.69, 9.17) is 10.5 Å². The van der Waals surface area contributed by atoms with Gasteiger partial charge < -0.3 is 15.8 Å². The standard InChI is InChI=1S/C13H26N2O3.ClH/c1-9(2)8-11(13(17)18-10(3)4)15-12(16)6-5-7-14;/h9-11H,5-8,14H2,1-4H3,(H,15,16);1H/t11-;/m0./s1. The summed E-state index contributed by atoms with van der Waals surface area (Å²) < 4.78 is 5.14. The van der Waals surface area contributed by atoms with Crippen LogP contribution in [0, 0.1) is 5.92 Å². The third-order valence-corrected chi connectivity index (χ3v) is 2.29. The van der Waals surface area contributed by atoms with Crippen molar-refractivity contribution in [3.8, 4) is 0 Å². The molecule has 0 saturated heterocycles. The zero-order valence-corrected chi connectivity index (χ0v) is 13.1. The topological polar surface area (TPSA) is 81.4 Å². The number of carbonyl (C=O) groups is 2. The largest absolute Gasteiger partial charge is 0.461 e. The van der Waals surface area contributed by atoms with Crippen LogP contribution in [0.4, 0.5) is 0 Å². The highest BCUT2D eigenvalue weighted by Crippen LogP contribution is 2.08. The molecular formula is C13H27ClN2O3. The number of hydrogen-bond acceptors (Lipinski definition) is 4. The highest BCUT2D eigenvalue weighted by atomic mass is 35.5. The molecule has 0 fully saturated rings. The lowest BCUT2D eigenvalue weighted by molar-refractivity contribution is -0.152. The van der Waals surface area contributed by atoms with Crippen LogP contribution in [-0.4, -0.2) is 30.6 Å². The highest BCUT2D eigenvalue weighted by Gasteiger charge is 2.23. The first-order valence-corrected chi connectivity index (χ1v) is 6.56. The van der Waals surface area contributed by atoms with Crippen molar-refractivity contribution >= 4 is 24.3 Å². The number of halogens is 1. The Morgan fingerprint density at radius 1 is 1.21 bits per heavy atom. The summed E-state index contributed by atoms with van der Waals surface area (Å²) in [6.45, 7) is 8.06. The molecule has 3 N–H and O–H groups in total. The van der Waals surface area contributed by atoms with E-state index < -0.39 is 6.04 Å². The minimum Gasteiger partial charge on any atom is -0.461 e. The first-order chi connectivity index (χ1) is 8.36. The Morgan fingerprint density at radius 3 is 2.21 bits per heavy atom. The van der Waals surface area contributed by atoms with Crippen molar-refractivity contribution in [1.82, 2.24) is 5.32 Å². The van der Waals surface area contributed by atoms with Crippen molar-refractivity contribution in [1.29, 1.82) is 0 Å². The molecular weight excluding hydrogens is 268 g/mol. The summed E-state index contributed by atoms with van der Waals surface area (Å²) in [5.41, 5.74) is 5.34. The fourth-order valence-electron chi connectivity index (χ4n) is 1.53. The Labute approximate surface area is 122 Å². The van der Waals surface area contributed by atoms with E-state index in [0.29, 0.717) is 31.7 Å². The highest BCUT2D eigenvalue weighted by molar-refractivity contribution is 5.85. The fraction of sp³-hybridized carbons (Fsp3) is 0.846. The van der Waals surface area contributed by atoms with Crippen LogP contribution in [0.15, 0.2) is 0 Å². The molecule has 0 bridgehead atoms. The van der Waals surface area contributed by atoms with Gasteiger partial charge in [-0.25, -0.2) is 4.79 Å². The quantitative estimate of drug-likeness (QED) is 0.667. The number of amides is 1. The van der Waals surface area contributed by atoms with E-state index in [9.17, 15) is 9.59 Å². The average molecular weight is 295 g/mol. The van der Waals surface area contributed by atoms with E-state index in [1.54, 1.807) is 13.8 Å². The maximum absolute atomic E-state index is 11.8. The van der Waals surface area contributed by atoms with E-state index in [1.807, 2.05) is 13.8 Å². The Balaban J connectivity index is 0. The molecule has 0 radical (unpaired) electrons. The van der Waals surface area contributed by atoms with Crippen LogP contribution in [-0.2, 0) is 14.3 Å². The summed E-state index contributed by atoms with van der Waals surface area (Å²) in [6, 6.07) is -0.558. The molecule has 0 aliphatic rings. The third-order valence-electron chi connectivity index (χ3n) is 2.29. The van der Waals surface area contributed by atoms with Crippen molar-refractivity contribution in [2.45, 2.75) is 59.1 Å². The van der Waals surface area contributed by atoms with Crippen LogP contribution in [0.1, 0.15) is 47.0 Å². The molecule has 0 heterocycles. The van der Waals surface area contributed by atoms with E-state index in [-0.39, 0.29) is 30.4 Å². The predicted molar refractivity (Wildman–Crippen MR) is 78.2 cm³/mol. The lowest BCUT2D eigenvalue weighted by Gasteiger charge is -2.20. The van der Waals surface area contributed by atoms with Gasteiger partial charge in [0.15, 0.2) is 0 Å². The molecule has 0 unspecified atom stereocenters. The van der Waals surface area contributed by atoms with Gasteiger partial charge in [-0.1, -0.05) is 13.8 Å². The molecule has 114 valence electrons. The second-order valence-corrected chi connectivity index (χ2v) is 5.13. The Morgan fingerprint density at radius 2 is 1.79 bits per heavy atom. The number of ether oxygens (including phenoxy) is 1.